The van der Waals surface area contributed by atoms with E-state index in [0.29, 0.717) is 12.6 Å². The molecule has 1 aliphatic heterocycles. The molecule has 1 atom stereocenters. The van der Waals surface area contributed by atoms with Gasteiger partial charge in [0.2, 0.25) is 5.91 Å². The smallest absolute Gasteiger partial charge is 0.234 e. The molecule has 1 aliphatic carbocycles. The quantitative estimate of drug-likeness (QED) is 0.921. The largest absolute Gasteiger partial charge is 0.345 e. The first kappa shape index (κ1) is 15.5. The lowest BCUT2D eigenvalue weighted by Crippen LogP contribution is -2.57. The second-order valence-electron chi connectivity index (χ2n) is 6.93. The lowest BCUT2D eigenvalue weighted by Gasteiger charge is -2.44. The molecule has 0 radical (unpaired) electrons. The summed E-state index contributed by atoms with van der Waals surface area (Å²) in [5.74, 6) is 0.167. The van der Waals surface area contributed by atoms with E-state index in [1.54, 1.807) is 0 Å². The summed E-state index contributed by atoms with van der Waals surface area (Å²) in [6.45, 7) is 5.78. The highest BCUT2D eigenvalue weighted by atomic mass is 16.2. The Kier molecular flexibility index (Phi) is 4.50. The Bertz CT molecular complexity index is 512. The minimum atomic E-state index is -0.117. The van der Waals surface area contributed by atoms with Crippen molar-refractivity contribution in [1.29, 1.82) is 0 Å². The lowest BCUT2D eigenvalue weighted by molar-refractivity contribution is -0.126. The molecule has 1 heterocycles. The summed E-state index contributed by atoms with van der Waals surface area (Å²) >= 11 is 0. The number of rotatable bonds is 4. The van der Waals surface area contributed by atoms with Gasteiger partial charge in [-0.25, -0.2) is 0 Å². The Labute approximate surface area is 133 Å². The fraction of sp³-hybridized carbons (Fsp3) is 0.611. The topological polar surface area (TPSA) is 35.6 Å². The maximum absolute atomic E-state index is 12.6. The molecule has 1 saturated carbocycles. The van der Waals surface area contributed by atoms with Gasteiger partial charge in [-0.15, -0.1) is 0 Å². The van der Waals surface area contributed by atoms with Crippen LogP contribution in [0.15, 0.2) is 30.3 Å². The average molecular weight is 301 g/mol. The summed E-state index contributed by atoms with van der Waals surface area (Å²) in [5.41, 5.74) is 1.13. The first-order valence-corrected chi connectivity index (χ1v) is 8.38. The Balaban J connectivity index is 1.61. The van der Waals surface area contributed by atoms with E-state index >= 15 is 0 Å². The molecule has 1 N–H and O–H groups in total. The number of nitrogens with zero attached hydrogens (tertiary/aromatic N) is 2. The predicted molar refractivity (Wildman–Crippen MR) is 88.6 cm³/mol. The molecular weight excluding hydrogens is 274 g/mol. The zero-order valence-corrected chi connectivity index (χ0v) is 13.7. The molecule has 1 aromatic rings. The van der Waals surface area contributed by atoms with E-state index in [4.69, 9.17) is 0 Å². The van der Waals surface area contributed by atoms with Crippen LogP contribution in [0.1, 0.15) is 31.7 Å². The van der Waals surface area contributed by atoms with Gasteiger partial charge in [0, 0.05) is 25.7 Å². The highest BCUT2D eigenvalue weighted by Gasteiger charge is 2.40. The molecule has 1 saturated heterocycles. The predicted octanol–water partition coefficient (Wildman–Crippen LogP) is 1.82. The molecule has 4 nitrogen and oxygen atoms in total. The first-order valence-electron chi connectivity index (χ1n) is 8.38. The van der Waals surface area contributed by atoms with Gasteiger partial charge >= 0.3 is 0 Å². The summed E-state index contributed by atoms with van der Waals surface area (Å²) in [5, 5.41) is 3.33. The Hall–Kier alpha value is -1.39. The van der Waals surface area contributed by atoms with Crippen molar-refractivity contribution in [2.75, 3.05) is 33.2 Å². The van der Waals surface area contributed by atoms with Crippen molar-refractivity contribution in [2.24, 2.45) is 0 Å². The molecule has 0 bridgehead atoms. The lowest BCUT2D eigenvalue weighted by atomic mass is 9.72. The summed E-state index contributed by atoms with van der Waals surface area (Å²) in [6.07, 6.45) is 3.31. The van der Waals surface area contributed by atoms with E-state index in [1.807, 2.05) is 6.07 Å². The first-order chi connectivity index (χ1) is 10.6. The number of carbonyl (C=O) groups excluding carboxylic acids is 1. The number of piperazine rings is 1. The molecule has 0 spiro atoms. The van der Waals surface area contributed by atoms with Crippen LogP contribution in [0.25, 0.3) is 0 Å². The van der Waals surface area contributed by atoms with Gasteiger partial charge in [0.15, 0.2) is 0 Å². The molecule has 120 valence electrons. The third-order valence-corrected chi connectivity index (χ3v) is 5.23. The van der Waals surface area contributed by atoms with Gasteiger partial charge in [0.1, 0.15) is 0 Å². The van der Waals surface area contributed by atoms with Gasteiger partial charge in [-0.2, -0.15) is 0 Å². The van der Waals surface area contributed by atoms with Gasteiger partial charge in [-0.1, -0.05) is 30.3 Å². The third kappa shape index (κ3) is 3.18. The van der Waals surface area contributed by atoms with Crippen LogP contribution in [0, 0.1) is 0 Å². The minimum absolute atomic E-state index is 0.117. The van der Waals surface area contributed by atoms with Crippen LogP contribution in [-0.2, 0) is 10.3 Å². The molecule has 0 unspecified atom stereocenters. The molecule has 3 rings (SSSR count). The number of hydrogen-bond donors (Lipinski definition) is 1. The van der Waals surface area contributed by atoms with Crippen molar-refractivity contribution < 1.29 is 4.79 Å². The number of amides is 1. The number of carbonyl (C=O) groups is 1. The van der Waals surface area contributed by atoms with E-state index in [2.05, 4.69) is 53.4 Å². The van der Waals surface area contributed by atoms with Gasteiger partial charge in [0.25, 0.3) is 0 Å². The van der Waals surface area contributed by atoms with Crippen LogP contribution in [-0.4, -0.2) is 55.0 Å². The van der Waals surface area contributed by atoms with Crippen molar-refractivity contribution in [3.63, 3.8) is 0 Å². The van der Waals surface area contributed by atoms with E-state index < -0.39 is 0 Å². The molecule has 2 fully saturated rings. The van der Waals surface area contributed by atoms with Crippen LogP contribution < -0.4 is 5.32 Å². The SMILES string of the molecule is C[C@@H]1CN(C)CCN1CC(=O)NC1(c2ccccc2)CCC1. The van der Waals surface area contributed by atoms with Crippen LogP contribution in [0.2, 0.25) is 0 Å². The van der Waals surface area contributed by atoms with Crippen molar-refractivity contribution in [2.45, 2.75) is 37.8 Å². The second-order valence-corrected chi connectivity index (χ2v) is 6.93. The normalized spacial score (nSPS) is 25.5. The summed E-state index contributed by atoms with van der Waals surface area (Å²) in [4.78, 5) is 17.2. The van der Waals surface area contributed by atoms with E-state index in [9.17, 15) is 4.79 Å². The monoisotopic (exact) mass is 301 g/mol. The molecule has 0 aromatic heterocycles. The highest BCUT2D eigenvalue weighted by molar-refractivity contribution is 5.79. The molecule has 1 aromatic carbocycles. The van der Waals surface area contributed by atoms with Crippen LogP contribution in [0.3, 0.4) is 0 Å². The average Bonchev–Trinajstić information content (AvgIpc) is 2.47. The fourth-order valence-electron chi connectivity index (χ4n) is 3.68. The Morgan fingerprint density at radius 1 is 1.27 bits per heavy atom. The molecule has 2 aliphatic rings. The van der Waals surface area contributed by atoms with Crippen molar-refractivity contribution >= 4 is 5.91 Å². The molecule has 22 heavy (non-hydrogen) atoms. The van der Waals surface area contributed by atoms with Gasteiger partial charge < -0.3 is 10.2 Å². The van der Waals surface area contributed by atoms with Gasteiger partial charge in [-0.05, 0) is 38.8 Å². The van der Waals surface area contributed by atoms with Crippen molar-refractivity contribution in [1.82, 2.24) is 15.1 Å². The molecule has 4 heteroatoms. The maximum Gasteiger partial charge on any atom is 0.234 e. The number of hydrogen-bond acceptors (Lipinski definition) is 3. The standard InChI is InChI=1S/C18H27N3O/c1-15-13-20(2)11-12-21(15)14-17(22)19-18(9-6-10-18)16-7-4-3-5-8-16/h3-5,7-8,15H,6,9-14H2,1-2H3,(H,19,22)/t15-/m1/s1. The van der Waals surface area contributed by atoms with E-state index in [0.717, 1.165) is 32.5 Å². The Morgan fingerprint density at radius 3 is 2.59 bits per heavy atom. The van der Waals surface area contributed by atoms with Gasteiger partial charge in [-0.3, -0.25) is 9.69 Å². The van der Waals surface area contributed by atoms with Crippen LogP contribution in [0.5, 0.6) is 0 Å². The van der Waals surface area contributed by atoms with Crippen LogP contribution >= 0.6 is 0 Å². The maximum atomic E-state index is 12.6. The third-order valence-electron chi connectivity index (χ3n) is 5.23. The molecule has 1 amide bonds. The minimum Gasteiger partial charge on any atom is -0.345 e. The summed E-state index contributed by atoms with van der Waals surface area (Å²) in [7, 11) is 2.15. The zero-order valence-electron chi connectivity index (χ0n) is 13.7. The summed E-state index contributed by atoms with van der Waals surface area (Å²) in [6, 6.07) is 10.9. The molecular formula is C18H27N3O. The second kappa shape index (κ2) is 6.39. The van der Waals surface area contributed by atoms with E-state index in [-0.39, 0.29) is 11.4 Å². The van der Waals surface area contributed by atoms with Crippen LogP contribution in [0.4, 0.5) is 0 Å². The van der Waals surface area contributed by atoms with Crippen molar-refractivity contribution in [3.05, 3.63) is 35.9 Å². The number of likely N-dealkylation sites (N-methyl/N-ethyl adjacent to an activating group) is 1. The highest BCUT2D eigenvalue weighted by Crippen LogP contribution is 2.41. The Morgan fingerprint density at radius 2 is 2.00 bits per heavy atom. The number of benzene rings is 1. The number of nitrogens with one attached hydrogen (secondary N) is 1. The van der Waals surface area contributed by atoms with Crippen molar-refractivity contribution in [3.8, 4) is 0 Å². The van der Waals surface area contributed by atoms with E-state index in [1.165, 1.54) is 12.0 Å². The fourth-order valence-corrected chi connectivity index (χ4v) is 3.68. The zero-order chi connectivity index (χ0) is 15.6. The summed E-state index contributed by atoms with van der Waals surface area (Å²) < 4.78 is 0. The van der Waals surface area contributed by atoms with Gasteiger partial charge in [0.05, 0.1) is 12.1 Å².